The largest absolute Gasteiger partial charge is 0.376 e. The van der Waals surface area contributed by atoms with Crippen molar-refractivity contribution < 1.29 is 14.3 Å². The summed E-state index contributed by atoms with van der Waals surface area (Å²) < 4.78 is 5.57. The van der Waals surface area contributed by atoms with Gasteiger partial charge in [-0.3, -0.25) is 9.59 Å². The van der Waals surface area contributed by atoms with Crippen LogP contribution in [0.3, 0.4) is 0 Å². The average Bonchev–Trinajstić information content (AvgIpc) is 3.25. The molecule has 0 spiro atoms. The van der Waals surface area contributed by atoms with E-state index in [2.05, 4.69) is 5.32 Å². The molecule has 2 amide bonds. The van der Waals surface area contributed by atoms with Crippen molar-refractivity contribution in [1.29, 1.82) is 0 Å². The van der Waals surface area contributed by atoms with Crippen molar-refractivity contribution in [3.05, 3.63) is 70.7 Å². The van der Waals surface area contributed by atoms with E-state index >= 15 is 0 Å². The average molecular weight is 415 g/mol. The SMILES string of the molecule is C[C@H](C(=O)NC[C@H]1CCCO1)N(Cc1ccc(Cl)cc1)C(=O)Cc1ccccc1. The highest BCUT2D eigenvalue weighted by Crippen LogP contribution is 2.16. The fraction of sp³-hybridized carbons (Fsp3) is 0.391. The van der Waals surface area contributed by atoms with Crippen molar-refractivity contribution in [2.45, 2.75) is 44.9 Å². The van der Waals surface area contributed by atoms with E-state index < -0.39 is 6.04 Å². The fourth-order valence-electron chi connectivity index (χ4n) is 3.41. The van der Waals surface area contributed by atoms with Gasteiger partial charge in [-0.05, 0) is 43.0 Å². The summed E-state index contributed by atoms with van der Waals surface area (Å²) in [7, 11) is 0. The Morgan fingerprint density at radius 2 is 1.86 bits per heavy atom. The van der Waals surface area contributed by atoms with Crippen molar-refractivity contribution in [2.75, 3.05) is 13.2 Å². The molecule has 0 unspecified atom stereocenters. The molecule has 2 aromatic carbocycles. The predicted molar refractivity (Wildman–Crippen MR) is 114 cm³/mol. The van der Waals surface area contributed by atoms with Crippen LogP contribution in [0.4, 0.5) is 0 Å². The third-order valence-corrected chi connectivity index (χ3v) is 5.41. The number of hydrogen-bond acceptors (Lipinski definition) is 3. The molecule has 29 heavy (non-hydrogen) atoms. The first kappa shape index (κ1) is 21.3. The maximum Gasteiger partial charge on any atom is 0.242 e. The number of benzene rings is 2. The zero-order chi connectivity index (χ0) is 20.6. The van der Waals surface area contributed by atoms with E-state index in [1.165, 1.54) is 0 Å². The number of amides is 2. The van der Waals surface area contributed by atoms with Gasteiger partial charge in [0.15, 0.2) is 0 Å². The molecule has 1 N–H and O–H groups in total. The molecule has 1 fully saturated rings. The van der Waals surface area contributed by atoms with E-state index in [1.807, 2.05) is 42.5 Å². The minimum absolute atomic E-state index is 0.0656. The normalized spacial score (nSPS) is 17.0. The zero-order valence-electron chi connectivity index (χ0n) is 16.6. The number of hydrogen-bond donors (Lipinski definition) is 1. The van der Waals surface area contributed by atoms with Gasteiger partial charge in [0.05, 0.1) is 12.5 Å². The monoisotopic (exact) mass is 414 g/mol. The lowest BCUT2D eigenvalue weighted by Crippen LogP contribution is -2.49. The summed E-state index contributed by atoms with van der Waals surface area (Å²) in [6, 6.07) is 16.3. The van der Waals surface area contributed by atoms with Gasteiger partial charge in [0.2, 0.25) is 11.8 Å². The molecular formula is C23H27ClN2O3. The molecule has 2 atom stereocenters. The highest BCUT2D eigenvalue weighted by Gasteiger charge is 2.27. The summed E-state index contributed by atoms with van der Waals surface area (Å²) in [5.74, 6) is -0.262. The van der Waals surface area contributed by atoms with Gasteiger partial charge in [-0.15, -0.1) is 0 Å². The second kappa shape index (κ2) is 10.4. The van der Waals surface area contributed by atoms with Crippen molar-refractivity contribution >= 4 is 23.4 Å². The van der Waals surface area contributed by atoms with E-state index in [1.54, 1.807) is 24.0 Å². The molecule has 1 saturated heterocycles. The highest BCUT2D eigenvalue weighted by molar-refractivity contribution is 6.30. The smallest absolute Gasteiger partial charge is 0.242 e. The van der Waals surface area contributed by atoms with Crippen LogP contribution in [0.15, 0.2) is 54.6 Å². The van der Waals surface area contributed by atoms with Gasteiger partial charge in [-0.2, -0.15) is 0 Å². The van der Waals surface area contributed by atoms with Gasteiger partial charge in [0.1, 0.15) is 6.04 Å². The summed E-state index contributed by atoms with van der Waals surface area (Å²) in [4.78, 5) is 27.5. The summed E-state index contributed by atoms with van der Waals surface area (Å²) >= 11 is 5.98. The van der Waals surface area contributed by atoms with Crippen molar-refractivity contribution in [1.82, 2.24) is 10.2 Å². The summed E-state index contributed by atoms with van der Waals surface area (Å²) in [5.41, 5.74) is 1.85. The van der Waals surface area contributed by atoms with Crippen molar-refractivity contribution in [3.8, 4) is 0 Å². The molecule has 0 radical (unpaired) electrons. The topological polar surface area (TPSA) is 58.6 Å². The number of nitrogens with zero attached hydrogens (tertiary/aromatic N) is 1. The molecule has 1 heterocycles. The number of rotatable bonds is 8. The van der Waals surface area contributed by atoms with Crippen LogP contribution in [-0.4, -0.2) is 42.0 Å². The molecular weight excluding hydrogens is 388 g/mol. The minimum Gasteiger partial charge on any atom is -0.376 e. The first-order valence-corrected chi connectivity index (χ1v) is 10.4. The number of ether oxygens (including phenoxy) is 1. The summed E-state index contributed by atoms with van der Waals surface area (Å²) in [6.07, 6.45) is 2.29. The summed E-state index contributed by atoms with van der Waals surface area (Å²) in [6.45, 7) is 3.33. The molecule has 0 saturated carbocycles. The third-order valence-electron chi connectivity index (χ3n) is 5.16. The Bertz CT molecular complexity index is 805. The minimum atomic E-state index is -0.594. The Balaban J connectivity index is 1.70. The Labute approximate surface area is 177 Å². The van der Waals surface area contributed by atoms with Gasteiger partial charge >= 0.3 is 0 Å². The molecule has 1 aliphatic rings. The van der Waals surface area contributed by atoms with Crippen molar-refractivity contribution in [3.63, 3.8) is 0 Å². The summed E-state index contributed by atoms with van der Waals surface area (Å²) in [5, 5.41) is 3.58. The van der Waals surface area contributed by atoms with E-state index in [0.29, 0.717) is 18.1 Å². The molecule has 3 rings (SSSR count). The molecule has 0 aromatic heterocycles. The first-order valence-electron chi connectivity index (χ1n) is 10.00. The lowest BCUT2D eigenvalue weighted by molar-refractivity contribution is -0.140. The molecule has 2 aromatic rings. The number of nitrogens with one attached hydrogen (secondary N) is 1. The number of carbonyl (C=O) groups excluding carboxylic acids is 2. The number of halogens is 1. The molecule has 0 bridgehead atoms. The van der Waals surface area contributed by atoms with Crippen LogP contribution in [0.1, 0.15) is 30.9 Å². The van der Waals surface area contributed by atoms with Crippen LogP contribution in [0, 0.1) is 0 Å². The van der Waals surface area contributed by atoms with E-state index in [9.17, 15) is 9.59 Å². The quantitative estimate of drug-likeness (QED) is 0.718. The lowest BCUT2D eigenvalue weighted by atomic mass is 10.1. The van der Waals surface area contributed by atoms with Crippen LogP contribution in [0.25, 0.3) is 0 Å². The van der Waals surface area contributed by atoms with Crippen LogP contribution in [-0.2, 0) is 27.3 Å². The van der Waals surface area contributed by atoms with Gasteiger partial charge in [-0.25, -0.2) is 0 Å². The Kier molecular flexibility index (Phi) is 7.67. The first-order chi connectivity index (χ1) is 14.0. The van der Waals surface area contributed by atoms with Gasteiger partial charge in [0.25, 0.3) is 0 Å². The Morgan fingerprint density at radius 3 is 2.52 bits per heavy atom. The lowest BCUT2D eigenvalue weighted by Gasteiger charge is -2.29. The molecule has 154 valence electrons. The van der Waals surface area contributed by atoms with E-state index in [0.717, 1.165) is 30.6 Å². The predicted octanol–water partition coefficient (Wildman–Crippen LogP) is 3.60. The van der Waals surface area contributed by atoms with Crippen molar-refractivity contribution in [2.24, 2.45) is 0 Å². The molecule has 0 aliphatic carbocycles. The van der Waals surface area contributed by atoms with Crippen LogP contribution in [0.5, 0.6) is 0 Å². The number of carbonyl (C=O) groups is 2. The van der Waals surface area contributed by atoms with Crippen LogP contribution < -0.4 is 5.32 Å². The third kappa shape index (κ3) is 6.31. The maximum absolute atomic E-state index is 13.1. The van der Waals surface area contributed by atoms with Gasteiger partial charge < -0.3 is 15.0 Å². The molecule has 6 heteroatoms. The van der Waals surface area contributed by atoms with E-state index in [4.69, 9.17) is 16.3 Å². The van der Waals surface area contributed by atoms with Crippen LogP contribution >= 0.6 is 11.6 Å². The second-order valence-electron chi connectivity index (χ2n) is 7.37. The second-order valence-corrected chi connectivity index (χ2v) is 7.80. The Morgan fingerprint density at radius 1 is 1.14 bits per heavy atom. The zero-order valence-corrected chi connectivity index (χ0v) is 17.4. The maximum atomic E-state index is 13.1. The van der Waals surface area contributed by atoms with E-state index in [-0.39, 0.29) is 24.3 Å². The molecule has 1 aliphatic heterocycles. The van der Waals surface area contributed by atoms with Crippen LogP contribution in [0.2, 0.25) is 5.02 Å². The fourth-order valence-corrected chi connectivity index (χ4v) is 3.53. The molecule has 5 nitrogen and oxygen atoms in total. The standard InChI is InChI=1S/C23H27ClN2O3/c1-17(23(28)25-15-21-8-5-13-29-21)26(16-19-9-11-20(24)12-10-19)22(27)14-18-6-3-2-4-7-18/h2-4,6-7,9-12,17,21H,5,8,13-16H2,1H3,(H,25,28)/t17-,21-/m1/s1. The highest BCUT2D eigenvalue weighted by atomic mass is 35.5. The van der Waals surface area contributed by atoms with Gasteiger partial charge in [-0.1, -0.05) is 54.1 Å². The Hall–Kier alpha value is -2.37. The van der Waals surface area contributed by atoms with Gasteiger partial charge in [0, 0.05) is 24.7 Å².